The Morgan fingerprint density at radius 1 is 1.14 bits per heavy atom. The van der Waals surface area contributed by atoms with Crippen LogP contribution >= 0.6 is 0 Å². The number of fused-ring (bicyclic) bond motifs is 1. The van der Waals surface area contributed by atoms with Crippen LogP contribution in [0.5, 0.6) is 0 Å². The first-order valence-electron chi connectivity index (χ1n) is 7.40. The van der Waals surface area contributed by atoms with Gasteiger partial charge in [-0.15, -0.1) is 0 Å². The number of aliphatic hydroxyl groups excluding tert-OH is 1. The molecule has 0 saturated carbocycles. The summed E-state index contributed by atoms with van der Waals surface area (Å²) in [6.45, 7) is 0.570. The van der Waals surface area contributed by atoms with Crippen LogP contribution in [0.15, 0.2) is 54.7 Å². The van der Waals surface area contributed by atoms with E-state index in [1.807, 2.05) is 30.5 Å². The second-order valence-electron chi connectivity index (χ2n) is 5.45. The lowest BCUT2D eigenvalue weighted by molar-refractivity contribution is 0.241. The van der Waals surface area contributed by atoms with Crippen LogP contribution in [0.25, 0.3) is 10.9 Å². The molecule has 0 aliphatic carbocycles. The Morgan fingerprint density at radius 3 is 2.82 bits per heavy atom. The molecule has 0 saturated heterocycles. The molecule has 114 valence electrons. The normalized spacial score (nSPS) is 12.6. The molecule has 0 amide bonds. The monoisotopic (exact) mass is 298 g/mol. The molecule has 3 aromatic rings. The van der Waals surface area contributed by atoms with Gasteiger partial charge < -0.3 is 15.4 Å². The van der Waals surface area contributed by atoms with E-state index in [1.165, 1.54) is 23.1 Å². The number of nitrogens with one attached hydrogen (secondary N) is 2. The smallest absolute Gasteiger partial charge is 0.123 e. The maximum atomic E-state index is 13.2. The molecule has 0 radical (unpaired) electrons. The van der Waals surface area contributed by atoms with Gasteiger partial charge in [-0.25, -0.2) is 4.39 Å². The van der Waals surface area contributed by atoms with Gasteiger partial charge in [0.2, 0.25) is 0 Å². The first kappa shape index (κ1) is 14.8. The number of aromatic nitrogens is 1. The van der Waals surface area contributed by atoms with E-state index in [2.05, 4.69) is 16.4 Å². The average molecular weight is 298 g/mol. The summed E-state index contributed by atoms with van der Waals surface area (Å²) in [5.41, 5.74) is 3.14. The largest absolute Gasteiger partial charge is 0.395 e. The van der Waals surface area contributed by atoms with E-state index in [0.717, 1.165) is 17.5 Å². The summed E-state index contributed by atoms with van der Waals surface area (Å²) in [4.78, 5) is 3.24. The van der Waals surface area contributed by atoms with Crippen molar-refractivity contribution in [3.63, 3.8) is 0 Å². The minimum Gasteiger partial charge on any atom is -0.395 e. The number of halogens is 1. The lowest BCUT2D eigenvalue weighted by Gasteiger charge is -2.16. The summed E-state index contributed by atoms with van der Waals surface area (Å²) < 4.78 is 13.2. The SMILES string of the molecule is OC[C@H](Cc1c[nH]c2ccccc12)NCc1cccc(F)c1. The van der Waals surface area contributed by atoms with Gasteiger partial charge in [0.15, 0.2) is 0 Å². The van der Waals surface area contributed by atoms with Crippen molar-refractivity contribution in [2.45, 2.75) is 19.0 Å². The van der Waals surface area contributed by atoms with Gasteiger partial charge in [-0.1, -0.05) is 30.3 Å². The number of para-hydroxylation sites is 1. The molecule has 0 spiro atoms. The number of aromatic amines is 1. The van der Waals surface area contributed by atoms with Crippen molar-refractivity contribution in [3.8, 4) is 0 Å². The molecule has 0 unspecified atom stereocenters. The van der Waals surface area contributed by atoms with Crippen LogP contribution in [-0.2, 0) is 13.0 Å². The molecule has 1 heterocycles. The summed E-state index contributed by atoms with van der Waals surface area (Å²) in [6.07, 6.45) is 2.70. The van der Waals surface area contributed by atoms with Crippen molar-refractivity contribution in [1.29, 1.82) is 0 Å². The van der Waals surface area contributed by atoms with Crippen LogP contribution in [0, 0.1) is 5.82 Å². The number of rotatable bonds is 6. The summed E-state index contributed by atoms with van der Waals surface area (Å²) >= 11 is 0. The predicted molar refractivity (Wildman–Crippen MR) is 86.1 cm³/mol. The number of aliphatic hydroxyl groups is 1. The van der Waals surface area contributed by atoms with Crippen molar-refractivity contribution in [3.05, 3.63) is 71.7 Å². The maximum absolute atomic E-state index is 13.2. The number of hydrogen-bond donors (Lipinski definition) is 3. The van der Waals surface area contributed by atoms with Crippen LogP contribution in [0.2, 0.25) is 0 Å². The minimum absolute atomic E-state index is 0.0365. The standard InChI is InChI=1S/C18H19FN2O/c19-15-5-3-4-13(8-15)10-20-16(12-22)9-14-11-21-18-7-2-1-6-17(14)18/h1-8,11,16,20-22H,9-10,12H2/t16-/m0/s1. The second kappa shape index (κ2) is 6.73. The Morgan fingerprint density at radius 2 is 2.00 bits per heavy atom. The lowest BCUT2D eigenvalue weighted by atomic mass is 10.1. The Kier molecular flexibility index (Phi) is 4.51. The average Bonchev–Trinajstić information content (AvgIpc) is 2.94. The van der Waals surface area contributed by atoms with Gasteiger partial charge in [0.25, 0.3) is 0 Å². The van der Waals surface area contributed by atoms with Crippen LogP contribution < -0.4 is 5.32 Å². The van der Waals surface area contributed by atoms with E-state index in [1.54, 1.807) is 6.07 Å². The third-order valence-electron chi connectivity index (χ3n) is 3.85. The van der Waals surface area contributed by atoms with Gasteiger partial charge >= 0.3 is 0 Å². The topological polar surface area (TPSA) is 48.0 Å². The molecule has 3 N–H and O–H groups in total. The molecule has 3 rings (SSSR count). The zero-order valence-electron chi connectivity index (χ0n) is 12.2. The van der Waals surface area contributed by atoms with E-state index >= 15 is 0 Å². The van der Waals surface area contributed by atoms with Gasteiger partial charge in [-0.3, -0.25) is 0 Å². The summed E-state index contributed by atoms with van der Waals surface area (Å²) in [6, 6.07) is 14.5. The van der Waals surface area contributed by atoms with Gasteiger partial charge in [-0.05, 0) is 35.7 Å². The fraction of sp³-hybridized carbons (Fsp3) is 0.222. The summed E-state index contributed by atoms with van der Waals surface area (Å²) in [5.74, 6) is -0.239. The van der Waals surface area contributed by atoms with Crippen molar-refractivity contribution in [1.82, 2.24) is 10.3 Å². The third kappa shape index (κ3) is 3.35. The van der Waals surface area contributed by atoms with Crippen molar-refractivity contribution in [2.24, 2.45) is 0 Å². The summed E-state index contributed by atoms with van der Waals surface area (Å²) in [7, 11) is 0. The highest BCUT2D eigenvalue weighted by Crippen LogP contribution is 2.19. The molecular formula is C18H19FN2O. The van der Waals surface area contributed by atoms with Crippen LogP contribution in [0.3, 0.4) is 0 Å². The highest BCUT2D eigenvalue weighted by Gasteiger charge is 2.11. The van der Waals surface area contributed by atoms with Gasteiger partial charge in [0.05, 0.1) is 6.61 Å². The fourth-order valence-corrected chi connectivity index (χ4v) is 2.68. The van der Waals surface area contributed by atoms with Gasteiger partial charge in [-0.2, -0.15) is 0 Å². The molecule has 1 aromatic heterocycles. The van der Waals surface area contributed by atoms with Gasteiger partial charge in [0, 0.05) is 29.7 Å². The molecular weight excluding hydrogens is 279 g/mol. The Labute approximate surface area is 128 Å². The first-order chi connectivity index (χ1) is 10.8. The van der Waals surface area contributed by atoms with Crippen LogP contribution in [-0.4, -0.2) is 22.7 Å². The molecule has 3 nitrogen and oxygen atoms in total. The number of benzene rings is 2. The van der Waals surface area contributed by atoms with E-state index < -0.39 is 0 Å². The highest BCUT2D eigenvalue weighted by atomic mass is 19.1. The van der Waals surface area contributed by atoms with E-state index in [4.69, 9.17) is 0 Å². The molecule has 4 heteroatoms. The minimum atomic E-state index is -0.239. The molecule has 22 heavy (non-hydrogen) atoms. The van der Waals surface area contributed by atoms with Crippen LogP contribution in [0.1, 0.15) is 11.1 Å². The maximum Gasteiger partial charge on any atom is 0.123 e. The molecule has 0 bridgehead atoms. The van der Waals surface area contributed by atoms with E-state index in [9.17, 15) is 9.50 Å². The Balaban J connectivity index is 1.67. The molecule has 2 aromatic carbocycles. The molecule has 1 atom stereocenters. The van der Waals surface area contributed by atoms with Crippen molar-refractivity contribution < 1.29 is 9.50 Å². The van der Waals surface area contributed by atoms with Crippen LogP contribution in [0.4, 0.5) is 4.39 Å². The lowest BCUT2D eigenvalue weighted by Crippen LogP contribution is -2.34. The first-order valence-corrected chi connectivity index (χ1v) is 7.40. The zero-order chi connectivity index (χ0) is 15.4. The number of H-pyrrole nitrogens is 1. The quantitative estimate of drug-likeness (QED) is 0.655. The fourth-order valence-electron chi connectivity index (χ4n) is 2.68. The Hall–Kier alpha value is -2.17. The zero-order valence-corrected chi connectivity index (χ0v) is 12.2. The summed E-state index contributed by atoms with van der Waals surface area (Å²) in [5, 5.41) is 14.0. The van der Waals surface area contributed by atoms with Crippen molar-refractivity contribution in [2.75, 3.05) is 6.61 Å². The molecule has 0 aliphatic heterocycles. The predicted octanol–water partition coefficient (Wildman–Crippen LogP) is 3.00. The third-order valence-corrected chi connectivity index (χ3v) is 3.85. The molecule has 0 fully saturated rings. The number of hydrogen-bond acceptors (Lipinski definition) is 2. The second-order valence-corrected chi connectivity index (χ2v) is 5.45. The Bertz CT molecular complexity index is 753. The van der Waals surface area contributed by atoms with E-state index in [-0.39, 0.29) is 18.5 Å². The van der Waals surface area contributed by atoms with Crippen molar-refractivity contribution >= 4 is 10.9 Å². The van der Waals surface area contributed by atoms with Gasteiger partial charge in [0.1, 0.15) is 5.82 Å². The molecule has 0 aliphatic rings. The highest BCUT2D eigenvalue weighted by molar-refractivity contribution is 5.83. The van der Waals surface area contributed by atoms with E-state index in [0.29, 0.717) is 6.54 Å².